The summed E-state index contributed by atoms with van der Waals surface area (Å²) in [7, 11) is 0. The van der Waals surface area contributed by atoms with Gasteiger partial charge in [-0.05, 0) is 24.6 Å². The smallest absolute Gasteiger partial charge is 0.239 e. The van der Waals surface area contributed by atoms with Crippen LogP contribution in [-0.4, -0.2) is 23.4 Å². The molecule has 1 saturated heterocycles. The lowest BCUT2D eigenvalue weighted by Crippen LogP contribution is -2.33. The Kier molecular flexibility index (Phi) is 2.87. The molecule has 1 aromatic carbocycles. The Balaban J connectivity index is 2.15. The van der Waals surface area contributed by atoms with Crippen molar-refractivity contribution in [2.75, 3.05) is 6.54 Å². The van der Waals surface area contributed by atoms with E-state index in [0.717, 1.165) is 18.2 Å². The van der Waals surface area contributed by atoms with Gasteiger partial charge in [0.05, 0.1) is 6.04 Å². The highest BCUT2D eigenvalue weighted by Crippen LogP contribution is 2.16. The first-order valence-corrected chi connectivity index (χ1v) is 5.06. The van der Waals surface area contributed by atoms with E-state index in [9.17, 15) is 13.6 Å². The molecule has 1 heterocycles. The van der Waals surface area contributed by atoms with Crippen molar-refractivity contribution in [2.45, 2.75) is 19.0 Å². The zero-order valence-electron chi connectivity index (χ0n) is 8.62. The van der Waals surface area contributed by atoms with Gasteiger partial charge >= 0.3 is 0 Å². The predicted octanol–water partition coefficient (Wildman–Crippen LogP) is 1.02. The highest BCUT2D eigenvalue weighted by atomic mass is 19.1. The molecule has 0 radical (unpaired) electrons. The minimum atomic E-state index is -0.507. The predicted molar refractivity (Wildman–Crippen MR) is 54.4 cm³/mol. The third-order valence-corrected chi connectivity index (χ3v) is 2.71. The Labute approximate surface area is 91.8 Å². The molecule has 1 unspecified atom stereocenters. The fourth-order valence-corrected chi connectivity index (χ4v) is 1.79. The lowest BCUT2D eigenvalue weighted by Gasteiger charge is -2.16. The van der Waals surface area contributed by atoms with Crippen LogP contribution in [0.1, 0.15) is 12.0 Å². The number of carbonyl (C=O) groups is 1. The van der Waals surface area contributed by atoms with E-state index in [1.807, 2.05) is 0 Å². The number of halogens is 2. The van der Waals surface area contributed by atoms with Gasteiger partial charge in [0.15, 0.2) is 0 Å². The van der Waals surface area contributed by atoms with E-state index >= 15 is 0 Å². The molecule has 2 rings (SSSR count). The van der Waals surface area contributed by atoms with Crippen molar-refractivity contribution in [2.24, 2.45) is 5.73 Å². The standard InChI is InChI=1S/C11H12F2N2O/c12-8-1-2-9(13)7(5-8)6-15-4-3-10(14)11(15)16/h1-2,5,10H,3-4,6,14H2. The number of hydrogen-bond acceptors (Lipinski definition) is 2. The van der Waals surface area contributed by atoms with Crippen molar-refractivity contribution in [3.63, 3.8) is 0 Å². The maximum atomic E-state index is 13.3. The van der Waals surface area contributed by atoms with E-state index in [-0.39, 0.29) is 18.0 Å². The molecule has 1 aromatic rings. The zero-order chi connectivity index (χ0) is 11.7. The second-order valence-corrected chi connectivity index (χ2v) is 3.89. The van der Waals surface area contributed by atoms with E-state index in [4.69, 9.17) is 5.73 Å². The molecule has 86 valence electrons. The number of rotatable bonds is 2. The van der Waals surface area contributed by atoms with Gasteiger partial charge in [-0.1, -0.05) is 0 Å². The van der Waals surface area contributed by atoms with Crippen LogP contribution in [0.4, 0.5) is 8.78 Å². The van der Waals surface area contributed by atoms with Gasteiger partial charge in [0.1, 0.15) is 11.6 Å². The molecule has 1 atom stereocenters. The Hall–Kier alpha value is -1.49. The highest BCUT2D eigenvalue weighted by Gasteiger charge is 2.28. The van der Waals surface area contributed by atoms with Gasteiger partial charge in [-0.25, -0.2) is 8.78 Å². The maximum absolute atomic E-state index is 13.3. The summed E-state index contributed by atoms with van der Waals surface area (Å²) in [6.07, 6.45) is 0.565. The van der Waals surface area contributed by atoms with Gasteiger partial charge in [0, 0.05) is 18.7 Å². The van der Waals surface area contributed by atoms with Gasteiger partial charge in [0.25, 0.3) is 0 Å². The SMILES string of the molecule is NC1CCN(Cc2cc(F)ccc2F)C1=O. The number of benzene rings is 1. The molecular formula is C11H12F2N2O. The molecule has 3 nitrogen and oxygen atoms in total. The normalized spacial score (nSPS) is 20.6. The Morgan fingerprint density at radius 2 is 2.19 bits per heavy atom. The summed E-state index contributed by atoms with van der Waals surface area (Å²) in [6.45, 7) is 0.575. The van der Waals surface area contributed by atoms with Gasteiger partial charge in [-0.3, -0.25) is 4.79 Å². The van der Waals surface area contributed by atoms with Crippen LogP contribution in [-0.2, 0) is 11.3 Å². The average molecular weight is 226 g/mol. The van der Waals surface area contributed by atoms with Crippen molar-refractivity contribution in [1.82, 2.24) is 4.90 Å². The summed E-state index contributed by atoms with van der Waals surface area (Å²) in [5, 5.41) is 0. The Morgan fingerprint density at radius 3 is 2.81 bits per heavy atom. The first-order chi connectivity index (χ1) is 7.58. The molecule has 0 saturated carbocycles. The molecule has 1 aliphatic rings. The molecule has 0 bridgehead atoms. The van der Waals surface area contributed by atoms with Crippen LogP contribution in [0.3, 0.4) is 0 Å². The number of amides is 1. The number of nitrogens with two attached hydrogens (primary N) is 1. The summed E-state index contributed by atoms with van der Waals surface area (Å²) in [5.74, 6) is -1.22. The van der Waals surface area contributed by atoms with E-state index in [1.54, 1.807) is 0 Å². The van der Waals surface area contributed by atoms with Crippen LogP contribution >= 0.6 is 0 Å². The topological polar surface area (TPSA) is 46.3 Å². The quantitative estimate of drug-likeness (QED) is 0.818. The second kappa shape index (κ2) is 4.17. The molecule has 1 aliphatic heterocycles. The van der Waals surface area contributed by atoms with E-state index in [1.165, 1.54) is 4.90 Å². The summed E-state index contributed by atoms with van der Waals surface area (Å²) in [4.78, 5) is 12.9. The van der Waals surface area contributed by atoms with E-state index < -0.39 is 17.7 Å². The number of hydrogen-bond donors (Lipinski definition) is 1. The lowest BCUT2D eigenvalue weighted by molar-refractivity contribution is -0.129. The van der Waals surface area contributed by atoms with Crippen LogP contribution in [0, 0.1) is 11.6 Å². The zero-order valence-corrected chi connectivity index (χ0v) is 8.62. The second-order valence-electron chi connectivity index (χ2n) is 3.89. The van der Waals surface area contributed by atoms with Gasteiger partial charge in [-0.2, -0.15) is 0 Å². The molecule has 16 heavy (non-hydrogen) atoms. The first kappa shape index (κ1) is 11.0. The average Bonchev–Trinajstić information content (AvgIpc) is 2.55. The number of carbonyl (C=O) groups excluding carboxylic acids is 1. The van der Waals surface area contributed by atoms with Gasteiger partial charge in [0.2, 0.25) is 5.91 Å². The van der Waals surface area contributed by atoms with Crippen LogP contribution < -0.4 is 5.73 Å². The van der Waals surface area contributed by atoms with Crippen molar-refractivity contribution >= 4 is 5.91 Å². The monoisotopic (exact) mass is 226 g/mol. The van der Waals surface area contributed by atoms with Crippen LogP contribution in [0.5, 0.6) is 0 Å². The van der Waals surface area contributed by atoms with E-state index in [0.29, 0.717) is 13.0 Å². The largest absolute Gasteiger partial charge is 0.337 e. The van der Waals surface area contributed by atoms with Gasteiger partial charge in [-0.15, -0.1) is 0 Å². The highest BCUT2D eigenvalue weighted by molar-refractivity contribution is 5.83. The van der Waals surface area contributed by atoms with Crippen molar-refractivity contribution in [3.8, 4) is 0 Å². The summed E-state index contributed by atoms with van der Waals surface area (Å²) in [6, 6.07) is 2.71. The van der Waals surface area contributed by atoms with Crippen molar-refractivity contribution < 1.29 is 13.6 Å². The van der Waals surface area contributed by atoms with Gasteiger partial charge < -0.3 is 10.6 Å². The molecular weight excluding hydrogens is 214 g/mol. The fraction of sp³-hybridized carbons (Fsp3) is 0.364. The molecule has 2 N–H and O–H groups in total. The number of likely N-dealkylation sites (tertiary alicyclic amines) is 1. The summed E-state index contributed by atoms with van der Waals surface area (Å²) >= 11 is 0. The molecule has 1 fully saturated rings. The molecule has 0 spiro atoms. The van der Waals surface area contributed by atoms with Crippen molar-refractivity contribution in [1.29, 1.82) is 0 Å². The van der Waals surface area contributed by atoms with Crippen molar-refractivity contribution in [3.05, 3.63) is 35.4 Å². The molecule has 0 aliphatic carbocycles. The van der Waals surface area contributed by atoms with Crippen LogP contribution in [0.15, 0.2) is 18.2 Å². The Morgan fingerprint density at radius 1 is 1.44 bits per heavy atom. The third-order valence-electron chi connectivity index (χ3n) is 2.71. The first-order valence-electron chi connectivity index (χ1n) is 5.06. The molecule has 1 amide bonds. The molecule has 5 heteroatoms. The lowest BCUT2D eigenvalue weighted by atomic mass is 10.2. The molecule has 0 aromatic heterocycles. The summed E-state index contributed by atoms with van der Waals surface area (Å²) in [5.41, 5.74) is 5.71. The maximum Gasteiger partial charge on any atom is 0.239 e. The Bertz CT molecular complexity index is 422. The minimum Gasteiger partial charge on any atom is -0.337 e. The fourth-order valence-electron chi connectivity index (χ4n) is 1.79. The third kappa shape index (κ3) is 2.04. The van der Waals surface area contributed by atoms with Crippen LogP contribution in [0.25, 0.3) is 0 Å². The minimum absolute atomic E-state index is 0.0795. The number of nitrogens with zero attached hydrogens (tertiary/aromatic N) is 1. The summed E-state index contributed by atoms with van der Waals surface area (Å²) < 4.78 is 26.2. The van der Waals surface area contributed by atoms with E-state index in [2.05, 4.69) is 0 Å². The van der Waals surface area contributed by atoms with Crippen LogP contribution in [0.2, 0.25) is 0 Å².